The van der Waals surface area contributed by atoms with Gasteiger partial charge in [-0.05, 0) is 40.2 Å². The molecule has 0 spiro atoms. The van der Waals surface area contributed by atoms with Gasteiger partial charge in [-0.1, -0.05) is 15.9 Å². The maximum atomic E-state index is 12.4. The van der Waals surface area contributed by atoms with Crippen molar-refractivity contribution >= 4 is 42.8 Å². The summed E-state index contributed by atoms with van der Waals surface area (Å²) in [5.41, 5.74) is 0.822. The first-order valence-electron chi connectivity index (χ1n) is 8.34. The molecule has 0 atom stereocenters. The molecule has 1 heterocycles. The van der Waals surface area contributed by atoms with Gasteiger partial charge in [0.1, 0.15) is 0 Å². The number of aromatic nitrogens is 1. The molecular formula is C18H23Br2NO5. The summed E-state index contributed by atoms with van der Waals surface area (Å²) in [5, 5.41) is 0.989. The van der Waals surface area contributed by atoms with E-state index in [9.17, 15) is 4.79 Å². The van der Waals surface area contributed by atoms with Crippen molar-refractivity contribution in [2.45, 2.75) is 6.54 Å². The number of fused-ring (bicyclic) bond motifs is 1. The molecule has 0 aliphatic rings. The standard InChI is InChI=1S/C18H23Br2NO5/c1-23-6-7-25-10-11-26-9-8-24-5-4-21-17-3-2-15(19)12-14(17)13-16(20)18(21)22/h2-3,12-13H,4-11H2,1H3. The quantitative estimate of drug-likeness (QED) is 0.426. The van der Waals surface area contributed by atoms with Crippen LogP contribution in [-0.4, -0.2) is 57.9 Å². The van der Waals surface area contributed by atoms with Crippen molar-refractivity contribution in [1.82, 2.24) is 4.57 Å². The molecule has 0 fully saturated rings. The summed E-state index contributed by atoms with van der Waals surface area (Å²) in [7, 11) is 1.64. The number of benzene rings is 1. The first-order valence-corrected chi connectivity index (χ1v) is 9.93. The summed E-state index contributed by atoms with van der Waals surface area (Å²) >= 11 is 6.79. The molecule has 0 unspecified atom stereocenters. The zero-order chi connectivity index (χ0) is 18.8. The van der Waals surface area contributed by atoms with Gasteiger partial charge in [0.25, 0.3) is 5.56 Å². The van der Waals surface area contributed by atoms with E-state index in [1.165, 1.54) is 0 Å². The van der Waals surface area contributed by atoms with Crippen LogP contribution in [0.1, 0.15) is 0 Å². The molecule has 0 aliphatic carbocycles. The fraction of sp³-hybridized carbons (Fsp3) is 0.500. The summed E-state index contributed by atoms with van der Waals surface area (Å²) in [6.07, 6.45) is 0. The monoisotopic (exact) mass is 491 g/mol. The van der Waals surface area contributed by atoms with Crippen LogP contribution < -0.4 is 5.56 Å². The highest BCUT2D eigenvalue weighted by molar-refractivity contribution is 9.10. The lowest BCUT2D eigenvalue weighted by Crippen LogP contribution is -2.23. The van der Waals surface area contributed by atoms with Crippen LogP contribution in [0.5, 0.6) is 0 Å². The second-order valence-electron chi connectivity index (χ2n) is 5.48. The van der Waals surface area contributed by atoms with Gasteiger partial charge in [0.15, 0.2) is 0 Å². The normalized spacial score (nSPS) is 11.3. The van der Waals surface area contributed by atoms with Crippen molar-refractivity contribution in [3.8, 4) is 0 Å². The Morgan fingerprint density at radius 2 is 1.50 bits per heavy atom. The summed E-state index contributed by atoms with van der Waals surface area (Å²) in [4.78, 5) is 12.4. The topological polar surface area (TPSA) is 58.9 Å². The molecule has 8 heteroatoms. The van der Waals surface area contributed by atoms with E-state index in [4.69, 9.17) is 18.9 Å². The Labute approximate surface area is 169 Å². The van der Waals surface area contributed by atoms with Crippen LogP contribution >= 0.6 is 31.9 Å². The van der Waals surface area contributed by atoms with Crippen molar-refractivity contribution in [3.63, 3.8) is 0 Å². The van der Waals surface area contributed by atoms with Gasteiger partial charge in [0.05, 0.1) is 56.2 Å². The minimum atomic E-state index is -0.0621. The lowest BCUT2D eigenvalue weighted by molar-refractivity contribution is 0.00277. The van der Waals surface area contributed by atoms with Gasteiger partial charge < -0.3 is 23.5 Å². The van der Waals surface area contributed by atoms with Crippen LogP contribution in [0.2, 0.25) is 0 Å². The zero-order valence-corrected chi connectivity index (χ0v) is 17.9. The summed E-state index contributed by atoms with van der Waals surface area (Å²) in [6, 6.07) is 7.68. The highest BCUT2D eigenvalue weighted by Gasteiger charge is 2.08. The van der Waals surface area contributed by atoms with E-state index in [0.29, 0.717) is 57.3 Å². The van der Waals surface area contributed by atoms with E-state index in [0.717, 1.165) is 15.4 Å². The van der Waals surface area contributed by atoms with Gasteiger partial charge in [0, 0.05) is 23.5 Å². The SMILES string of the molecule is COCCOCCOCCOCCn1c(=O)c(Br)cc2cc(Br)ccc21. The number of hydrogen-bond acceptors (Lipinski definition) is 5. The van der Waals surface area contributed by atoms with Gasteiger partial charge in [-0.25, -0.2) is 0 Å². The largest absolute Gasteiger partial charge is 0.382 e. The van der Waals surface area contributed by atoms with Crippen molar-refractivity contribution in [2.75, 3.05) is 53.4 Å². The zero-order valence-electron chi connectivity index (χ0n) is 14.7. The highest BCUT2D eigenvalue weighted by Crippen LogP contribution is 2.21. The molecule has 0 saturated carbocycles. The van der Waals surface area contributed by atoms with E-state index >= 15 is 0 Å². The third-order valence-corrected chi connectivity index (χ3v) is 4.71. The van der Waals surface area contributed by atoms with Crippen molar-refractivity contribution in [1.29, 1.82) is 0 Å². The maximum Gasteiger partial charge on any atom is 0.265 e. The van der Waals surface area contributed by atoms with Crippen LogP contribution in [0.15, 0.2) is 38.0 Å². The van der Waals surface area contributed by atoms with Crippen molar-refractivity contribution in [3.05, 3.63) is 43.6 Å². The minimum absolute atomic E-state index is 0.0621. The van der Waals surface area contributed by atoms with E-state index in [-0.39, 0.29) is 5.56 Å². The van der Waals surface area contributed by atoms with Gasteiger partial charge in [-0.2, -0.15) is 0 Å². The molecule has 0 N–H and O–H groups in total. The second kappa shape index (κ2) is 11.8. The molecule has 0 aliphatic heterocycles. The maximum absolute atomic E-state index is 12.4. The van der Waals surface area contributed by atoms with Crippen LogP contribution in [0.3, 0.4) is 0 Å². The third kappa shape index (κ3) is 6.75. The number of ether oxygens (including phenoxy) is 4. The van der Waals surface area contributed by atoms with Crippen LogP contribution in [0.25, 0.3) is 10.9 Å². The molecule has 0 radical (unpaired) electrons. The van der Waals surface area contributed by atoms with E-state index in [1.54, 1.807) is 11.7 Å². The highest BCUT2D eigenvalue weighted by atomic mass is 79.9. The fourth-order valence-corrected chi connectivity index (χ4v) is 3.22. The predicted molar refractivity (Wildman–Crippen MR) is 108 cm³/mol. The van der Waals surface area contributed by atoms with Crippen LogP contribution in [-0.2, 0) is 25.5 Å². The Hall–Kier alpha value is -0.770. The number of methoxy groups -OCH3 is 1. The Balaban J connectivity index is 1.73. The molecule has 144 valence electrons. The number of nitrogens with zero attached hydrogens (tertiary/aromatic N) is 1. The molecule has 1 aromatic carbocycles. The molecular weight excluding hydrogens is 470 g/mol. The number of hydrogen-bond donors (Lipinski definition) is 0. The van der Waals surface area contributed by atoms with Gasteiger partial charge in [-0.3, -0.25) is 4.79 Å². The first kappa shape index (κ1) is 21.5. The lowest BCUT2D eigenvalue weighted by atomic mass is 10.2. The van der Waals surface area contributed by atoms with Crippen molar-refractivity contribution in [2.24, 2.45) is 0 Å². The average molecular weight is 493 g/mol. The van der Waals surface area contributed by atoms with E-state index < -0.39 is 0 Å². The smallest absolute Gasteiger partial charge is 0.265 e. The lowest BCUT2D eigenvalue weighted by Gasteiger charge is -2.12. The Morgan fingerprint density at radius 1 is 0.885 bits per heavy atom. The molecule has 0 bridgehead atoms. The summed E-state index contributed by atoms with van der Waals surface area (Å²) < 4.78 is 24.4. The Morgan fingerprint density at radius 3 is 2.15 bits per heavy atom. The molecule has 1 aromatic heterocycles. The molecule has 0 saturated heterocycles. The molecule has 2 rings (SSSR count). The van der Waals surface area contributed by atoms with Gasteiger partial charge in [0.2, 0.25) is 0 Å². The van der Waals surface area contributed by atoms with Gasteiger partial charge in [-0.15, -0.1) is 0 Å². The average Bonchev–Trinajstić information content (AvgIpc) is 2.62. The Bertz CT molecular complexity index is 750. The van der Waals surface area contributed by atoms with E-state index in [1.807, 2.05) is 24.3 Å². The second-order valence-corrected chi connectivity index (χ2v) is 7.25. The molecule has 2 aromatic rings. The molecule has 6 nitrogen and oxygen atoms in total. The Kier molecular flexibility index (Phi) is 9.80. The minimum Gasteiger partial charge on any atom is -0.382 e. The van der Waals surface area contributed by atoms with Crippen LogP contribution in [0, 0.1) is 0 Å². The van der Waals surface area contributed by atoms with Crippen LogP contribution in [0.4, 0.5) is 0 Å². The first-order chi connectivity index (χ1) is 12.6. The molecule has 0 amide bonds. The predicted octanol–water partition coefficient (Wildman–Crippen LogP) is 3.22. The molecule has 26 heavy (non-hydrogen) atoms. The summed E-state index contributed by atoms with van der Waals surface area (Å²) in [6.45, 7) is 4.12. The van der Waals surface area contributed by atoms with Crippen molar-refractivity contribution < 1.29 is 18.9 Å². The number of halogens is 2. The fourth-order valence-electron chi connectivity index (χ4n) is 2.39. The summed E-state index contributed by atoms with van der Waals surface area (Å²) in [5.74, 6) is 0. The number of pyridine rings is 1. The third-order valence-electron chi connectivity index (χ3n) is 3.65. The van der Waals surface area contributed by atoms with E-state index in [2.05, 4.69) is 31.9 Å². The van der Waals surface area contributed by atoms with Gasteiger partial charge >= 0.3 is 0 Å². The number of rotatable bonds is 12.